The minimum atomic E-state index is -4.30. The van der Waals surface area contributed by atoms with Crippen LogP contribution in [0, 0.1) is 11.6 Å². The van der Waals surface area contributed by atoms with Gasteiger partial charge in [-0.1, -0.05) is 15.9 Å². The van der Waals surface area contributed by atoms with Crippen LogP contribution in [0.4, 0.5) is 22.0 Å². The van der Waals surface area contributed by atoms with Gasteiger partial charge in [0.15, 0.2) is 0 Å². The predicted molar refractivity (Wildman–Crippen MR) is 64.0 cm³/mol. The molecule has 0 radical (unpaired) electrons. The molecule has 3 N–H and O–H groups in total. The standard InChI is InChI=1S/C11H12BrF5N2/c12-6-4-7(13)10(8(14)5-6)9(19-18)2-1-3-11(15,16)17/h4-5,9,19H,1-3,18H2. The fourth-order valence-corrected chi connectivity index (χ4v) is 2.11. The molecule has 1 rings (SSSR count). The molecule has 0 bridgehead atoms. The summed E-state index contributed by atoms with van der Waals surface area (Å²) in [5, 5.41) is 0. The van der Waals surface area contributed by atoms with Crippen LogP contribution in [-0.4, -0.2) is 6.18 Å². The number of nitrogens with one attached hydrogen (secondary N) is 1. The summed E-state index contributed by atoms with van der Waals surface area (Å²) < 4.78 is 63.5. The van der Waals surface area contributed by atoms with E-state index >= 15 is 0 Å². The zero-order chi connectivity index (χ0) is 14.6. The van der Waals surface area contributed by atoms with Crippen LogP contribution < -0.4 is 11.3 Å². The summed E-state index contributed by atoms with van der Waals surface area (Å²) in [6.07, 6.45) is -5.71. The van der Waals surface area contributed by atoms with Gasteiger partial charge >= 0.3 is 6.18 Å². The van der Waals surface area contributed by atoms with E-state index in [2.05, 4.69) is 21.4 Å². The van der Waals surface area contributed by atoms with Gasteiger partial charge in [0.05, 0.1) is 6.04 Å². The van der Waals surface area contributed by atoms with Crippen LogP contribution in [0.3, 0.4) is 0 Å². The van der Waals surface area contributed by atoms with Crippen molar-refractivity contribution in [3.8, 4) is 0 Å². The van der Waals surface area contributed by atoms with Crippen LogP contribution in [0.15, 0.2) is 16.6 Å². The Morgan fingerprint density at radius 3 is 2.16 bits per heavy atom. The lowest BCUT2D eigenvalue weighted by Gasteiger charge is -2.18. The van der Waals surface area contributed by atoms with Crippen molar-refractivity contribution in [3.05, 3.63) is 33.8 Å². The van der Waals surface area contributed by atoms with E-state index in [-0.39, 0.29) is 22.9 Å². The smallest absolute Gasteiger partial charge is 0.271 e. The fourth-order valence-electron chi connectivity index (χ4n) is 1.70. The first kappa shape index (κ1) is 16.3. The van der Waals surface area contributed by atoms with Gasteiger partial charge in [-0.15, -0.1) is 0 Å². The maximum absolute atomic E-state index is 13.6. The summed E-state index contributed by atoms with van der Waals surface area (Å²) in [4.78, 5) is 0. The molecule has 8 heteroatoms. The maximum atomic E-state index is 13.6. The Labute approximate surface area is 115 Å². The number of rotatable bonds is 5. The van der Waals surface area contributed by atoms with Gasteiger partial charge < -0.3 is 0 Å². The second-order valence-electron chi connectivity index (χ2n) is 4.01. The summed E-state index contributed by atoms with van der Waals surface area (Å²) in [7, 11) is 0. The third-order valence-corrected chi connectivity index (χ3v) is 3.00. The Kier molecular flexibility index (Phi) is 5.69. The van der Waals surface area contributed by atoms with E-state index in [4.69, 9.17) is 5.84 Å². The number of hydrogen-bond donors (Lipinski definition) is 2. The molecule has 0 amide bonds. The van der Waals surface area contributed by atoms with Gasteiger partial charge in [-0.05, 0) is 25.0 Å². The van der Waals surface area contributed by atoms with Gasteiger partial charge in [0, 0.05) is 16.5 Å². The first-order valence-electron chi connectivity index (χ1n) is 5.42. The minimum absolute atomic E-state index is 0.120. The topological polar surface area (TPSA) is 38.0 Å². The van der Waals surface area contributed by atoms with Crippen LogP contribution in [0.1, 0.15) is 30.9 Å². The second kappa shape index (κ2) is 6.62. The lowest BCUT2D eigenvalue weighted by Crippen LogP contribution is -2.29. The normalized spacial score (nSPS) is 13.6. The summed E-state index contributed by atoms with van der Waals surface area (Å²) >= 11 is 2.92. The molecule has 0 heterocycles. The molecule has 0 fully saturated rings. The van der Waals surface area contributed by atoms with E-state index in [0.717, 1.165) is 12.1 Å². The van der Waals surface area contributed by atoms with Crippen molar-refractivity contribution in [2.24, 2.45) is 5.84 Å². The van der Waals surface area contributed by atoms with Crippen molar-refractivity contribution in [1.82, 2.24) is 5.43 Å². The highest BCUT2D eigenvalue weighted by Gasteiger charge is 2.28. The quantitative estimate of drug-likeness (QED) is 0.481. The fraction of sp³-hybridized carbons (Fsp3) is 0.455. The van der Waals surface area contributed by atoms with E-state index in [0.29, 0.717) is 0 Å². The van der Waals surface area contributed by atoms with Gasteiger partial charge in [-0.2, -0.15) is 13.2 Å². The highest BCUT2D eigenvalue weighted by atomic mass is 79.9. The highest BCUT2D eigenvalue weighted by Crippen LogP contribution is 2.29. The Balaban J connectivity index is 2.80. The molecule has 1 unspecified atom stereocenters. The molecule has 0 aromatic heterocycles. The van der Waals surface area contributed by atoms with Crippen molar-refractivity contribution in [2.75, 3.05) is 0 Å². The second-order valence-corrected chi connectivity index (χ2v) is 4.93. The molecule has 0 aliphatic rings. The van der Waals surface area contributed by atoms with Crippen LogP contribution in [0.5, 0.6) is 0 Å². The van der Waals surface area contributed by atoms with E-state index in [1.807, 2.05) is 0 Å². The minimum Gasteiger partial charge on any atom is -0.271 e. The lowest BCUT2D eigenvalue weighted by molar-refractivity contribution is -0.135. The molecular formula is C11H12BrF5N2. The molecule has 0 spiro atoms. The number of nitrogens with two attached hydrogens (primary N) is 1. The Hall–Kier alpha value is -0.730. The molecule has 0 aliphatic carbocycles. The first-order valence-corrected chi connectivity index (χ1v) is 6.21. The Bertz CT molecular complexity index is 413. The molecule has 1 aromatic carbocycles. The third-order valence-electron chi connectivity index (χ3n) is 2.55. The van der Waals surface area contributed by atoms with Gasteiger partial charge in [0.2, 0.25) is 0 Å². The molecule has 108 valence electrons. The van der Waals surface area contributed by atoms with E-state index in [1.165, 1.54) is 0 Å². The first-order chi connectivity index (χ1) is 8.74. The average Bonchev–Trinajstić information content (AvgIpc) is 2.23. The highest BCUT2D eigenvalue weighted by molar-refractivity contribution is 9.10. The number of benzene rings is 1. The van der Waals surface area contributed by atoms with Crippen LogP contribution in [0.2, 0.25) is 0 Å². The van der Waals surface area contributed by atoms with Crippen molar-refractivity contribution < 1.29 is 22.0 Å². The number of halogens is 6. The van der Waals surface area contributed by atoms with E-state index in [9.17, 15) is 22.0 Å². The van der Waals surface area contributed by atoms with E-state index in [1.54, 1.807) is 0 Å². The maximum Gasteiger partial charge on any atom is 0.389 e. The predicted octanol–water partition coefficient (Wildman–Crippen LogP) is 3.96. The van der Waals surface area contributed by atoms with E-state index < -0.39 is 30.3 Å². The monoisotopic (exact) mass is 346 g/mol. The van der Waals surface area contributed by atoms with Crippen molar-refractivity contribution in [2.45, 2.75) is 31.5 Å². The van der Waals surface area contributed by atoms with Crippen LogP contribution in [0.25, 0.3) is 0 Å². The average molecular weight is 347 g/mol. The number of alkyl halides is 3. The van der Waals surface area contributed by atoms with Crippen LogP contribution >= 0.6 is 15.9 Å². The molecule has 1 atom stereocenters. The van der Waals surface area contributed by atoms with Gasteiger partial charge in [0.25, 0.3) is 0 Å². The molecule has 2 nitrogen and oxygen atoms in total. The van der Waals surface area contributed by atoms with Gasteiger partial charge in [0.1, 0.15) is 11.6 Å². The number of hydrogen-bond acceptors (Lipinski definition) is 2. The molecule has 0 saturated carbocycles. The Morgan fingerprint density at radius 1 is 1.21 bits per heavy atom. The van der Waals surface area contributed by atoms with Crippen LogP contribution in [-0.2, 0) is 0 Å². The van der Waals surface area contributed by atoms with Crippen molar-refractivity contribution in [3.63, 3.8) is 0 Å². The summed E-state index contributed by atoms with van der Waals surface area (Å²) in [6.45, 7) is 0. The largest absolute Gasteiger partial charge is 0.389 e. The molecular weight excluding hydrogens is 335 g/mol. The van der Waals surface area contributed by atoms with Crippen molar-refractivity contribution in [1.29, 1.82) is 0 Å². The third kappa shape index (κ3) is 5.04. The zero-order valence-corrected chi connectivity index (χ0v) is 11.3. The molecule has 0 aliphatic heterocycles. The molecule has 1 aromatic rings. The summed E-state index contributed by atoms with van der Waals surface area (Å²) in [5.74, 6) is 3.44. The summed E-state index contributed by atoms with van der Waals surface area (Å²) in [6, 6.07) is 1.06. The van der Waals surface area contributed by atoms with Crippen molar-refractivity contribution >= 4 is 15.9 Å². The Morgan fingerprint density at radius 2 is 1.74 bits per heavy atom. The SMILES string of the molecule is NNC(CCCC(F)(F)F)c1c(F)cc(Br)cc1F. The molecule has 0 saturated heterocycles. The molecule has 19 heavy (non-hydrogen) atoms. The summed E-state index contributed by atoms with van der Waals surface area (Å²) in [5.41, 5.74) is 1.79. The van der Waals surface area contributed by atoms with Gasteiger partial charge in [-0.3, -0.25) is 11.3 Å². The lowest BCUT2D eigenvalue weighted by atomic mass is 10.0. The van der Waals surface area contributed by atoms with Gasteiger partial charge in [-0.25, -0.2) is 8.78 Å². The zero-order valence-electron chi connectivity index (χ0n) is 9.70. The number of hydrazine groups is 1.